The molecule has 2 atom stereocenters. The van der Waals surface area contributed by atoms with Gasteiger partial charge >= 0.3 is 0 Å². The highest BCUT2D eigenvalue weighted by Crippen LogP contribution is 2.32. The molecule has 0 unspecified atom stereocenters. The summed E-state index contributed by atoms with van der Waals surface area (Å²) in [5, 5.41) is 9.38. The quantitative estimate of drug-likeness (QED) is 0.808. The lowest BCUT2D eigenvalue weighted by molar-refractivity contribution is -0.123. The molecule has 2 aromatic carbocycles. The SMILES string of the molecule is Cc1ccc(N2C(=O)[C@@H]3N=NN(Cc4cccc(F)c4)[C@H]3C2=O)cc1. The molecule has 2 aliphatic rings. The van der Waals surface area contributed by atoms with Crippen molar-refractivity contribution in [3.8, 4) is 0 Å². The maximum absolute atomic E-state index is 13.4. The van der Waals surface area contributed by atoms with Gasteiger partial charge in [0.15, 0.2) is 12.1 Å². The third-order valence-corrected chi connectivity index (χ3v) is 4.38. The third kappa shape index (κ3) is 2.57. The molecule has 2 heterocycles. The molecule has 1 saturated heterocycles. The number of nitrogens with zero attached hydrogens (tertiary/aromatic N) is 4. The van der Waals surface area contributed by atoms with Crippen LogP contribution in [-0.2, 0) is 16.1 Å². The van der Waals surface area contributed by atoms with Crippen LogP contribution in [-0.4, -0.2) is 28.9 Å². The number of anilines is 1. The summed E-state index contributed by atoms with van der Waals surface area (Å²) in [6, 6.07) is 11.6. The van der Waals surface area contributed by atoms with Crippen molar-refractivity contribution < 1.29 is 14.0 Å². The fourth-order valence-electron chi connectivity index (χ4n) is 3.12. The molecule has 7 heteroatoms. The summed E-state index contributed by atoms with van der Waals surface area (Å²) in [5.41, 5.74) is 2.22. The van der Waals surface area contributed by atoms with Gasteiger partial charge < -0.3 is 0 Å². The number of amides is 2. The first kappa shape index (κ1) is 15.4. The predicted molar refractivity (Wildman–Crippen MR) is 88.0 cm³/mol. The van der Waals surface area contributed by atoms with Crippen LogP contribution in [0, 0.1) is 12.7 Å². The fourth-order valence-corrected chi connectivity index (χ4v) is 3.12. The van der Waals surface area contributed by atoms with E-state index in [1.54, 1.807) is 24.3 Å². The second-order valence-electron chi connectivity index (χ2n) is 6.17. The second kappa shape index (κ2) is 5.77. The number of hydrogen-bond acceptors (Lipinski definition) is 5. The Morgan fingerprint density at radius 3 is 2.56 bits per heavy atom. The van der Waals surface area contributed by atoms with E-state index in [9.17, 15) is 14.0 Å². The van der Waals surface area contributed by atoms with Gasteiger partial charge in [0.2, 0.25) is 0 Å². The van der Waals surface area contributed by atoms with Crippen molar-refractivity contribution in [2.45, 2.75) is 25.6 Å². The Kier molecular flexibility index (Phi) is 3.56. The number of rotatable bonds is 3. The molecule has 0 bridgehead atoms. The van der Waals surface area contributed by atoms with Crippen LogP contribution in [0.25, 0.3) is 0 Å². The maximum Gasteiger partial charge on any atom is 0.263 e. The minimum atomic E-state index is -0.845. The van der Waals surface area contributed by atoms with Gasteiger partial charge in [0.25, 0.3) is 11.8 Å². The molecule has 126 valence electrons. The number of carbonyl (C=O) groups is 2. The zero-order chi connectivity index (χ0) is 17.6. The molecule has 0 aliphatic carbocycles. The topological polar surface area (TPSA) is 65.3 Å². The van der Waals surface area contributed by atoms with Gasteiger partial charge in [0.05, 0.1) is 12.2 Å². The molecule has 1 fully saturated rings. The molecule has 6 nitrogen and oxygen atoms in total. The van der Waals surface area contributed by atoms with E-state index in [0.717, 1.165) is 10.5 Å². The first-order valence-electron chi connectivity index (χ1n) is 7.91. The van der Waals surface area contributed by atoms with Gasteiger partial charge in [-0.15, -0.1) is 0 Å². The number of benzene rings is 2. The summed E-state index contributed by atoms with van der Waals surface area (Å²) in [7, 11) is 0. The van der Waals surface area contributed by atoms with E-state index >= 15 is 0 Å². The van der Waals surface area contributed by atoms with E-state index in [1.807, 2.05) is 19.1 Å². The Morgan fingerprint density at radius 2 is 1.84 bits per heavy atom. The van der Waals surface area contributed by atoms with Crippen LogP contribution in [0.1, 0.15) is 11.1 Å². The lowest BCUT2D eigenvalue weighted by Crippen LogP contribution is -2.39. The average molecular weight is 338 g/mol. The van der Waals surface area contributed by atoms with Gasteiger partial charge in [0, 0.05) is 0 Å². The van der Waals surface area contributed by atoms with Gasteiger partial charge in [-0.3, -0.25) is 14.6 Å². The van der Waals surface area contributed by atoms with Crippen LogP contribution in [0.3, 0.4) is 0 Å². The van der Waals surface area contributed by atoms with E-state index in [-0.39, 0.29) is 24.2 Å². The van der Waals surface area contributed by atoms with Crippen molar-refractivity contribution >= 4 is 17.5 Å². The van der Waals surface area contributed by atoms with E-state index < -0.39 is 12.1 Å². The molecule has 2 amide bonds. The first-order chi connectivity index (χ1) is 12.0. The van der Waals surface area contributed by atoms with Gasteiger partial charge in [-0.05, 0) is 36.8 Å². The molecule has 0 aromatic heterocycles. The first-order valence-corrected chi connectivity index (χ1v) is 7.91. The van der Waals surface area contributed by atoms with E-state index in [4.69, 9.17) is 0 Å². The van der Waals surface area contributed by atoms with Crippen LogP contribution >= 0.6 is 0 Å². The van der Waals surface area contributed by atoms with Crippen molar-refractivity contribution in [3.05, 3.63) is 65.5 Å². The van der Waals surface area contributed by atoms with Crippen LogP contribution in [0.4, 0.5) is 10.1 Å². The number of hydrogen-bond donors (Lipinski definition) is 0. The molecule has 2 aromatic rings. The highest BCUT2D eigenvalue weighted by molar-refractivity contribution is 6.25. The number of imide groups is 1. The third-order valence-electron chi connectivity index (χ3n) is 4.38. The lowest BCUT2D eigenvalue weighted by Gasteiger charge is -2.20. The van der Waals surface area contributed by atoms with Gasteiger partial charge in [0.1, 0.15) is 5.82 Å². The highest BCUT2D eigenvalue weighted by atomic mass is 19.1. The summed E-state index contributed by atoms with van der Waals surface area (Å²) in [6.07, 6.45) is 0. The van der Waals surface area contributed by atoms with Crippen molar-refractivity contribution in [3.63, 3.8) is 0 Å². The normalized spacial score (nSPS) is 22.0. The minimum Gasteiger partial charge on any atom is -0.271 e. The Morgan fingerprint density at radius 1 is 1.08 bits per heavy atom. The van der Waals surface area contributed by atoms with E-state index in [2.05, 4.69) is 10.3 Å². The molecule has 25 heavy (non-hydrogen) atoms. The standard InChI is InChI=1S/C18H15FN4O2/c1-11-5-7-14(8-6-11)23-17(24)15-16(18(23)25)22(21-20-15)10-12-3-2-4-13(19)9-12/h2-9,15-16H,10H2,1H3/t15-,16-/m1/s1. The smallest absolute Gasteiger partial charge is 0.263 e. The second-order valence-corrected chi connectivity index (χ2v) is 6.17. The van der Waals surface area contributed by atoms with Crippen LogP contribution < -0.4 is 4.90 Å². The Bertz CT molecular complexity index is 881. The molecule has 0 saturated carbocycles. The molecule has 4 rings (SSSR count). The summed E-state index contributed by atoms with van der Waals surface area (Å²) in [4.78, 5) is 26.6. The van der Waals surface area contributed by atoms with Crippen LogP contribution in [0.2, 0.25) is 0 Å². The van der Waals surface area contributed by atoms with Crippen LogP contribution in [0.5, 0.6) is 0 Å². The van der Waals surface area contributed by atoms with Crippen molar-refractivity contribution in [1.29, 1.82) is 0 Å². The number of carbonyl (C=O) groups excluding carboxylic acids is 2. The van der Waals surface area contributed by atoms with Crippen molar-refractivity contribution in [2.24, 2.45) is 10.3 Å². The summed E-state index contributed by atoms with van der Waals surface area (Å²) < 4.78 is 13.4. The lowest BCUT2D eigenvalue weighted by atomic mass is 10.1. The van der Waals surface area contributed by atoms with Crippen LogP contribution in [0.15, 0.2) is 58.9 Å². The minimum absolute atomic E-state index is 0.211. The predicted octanol–water partition coefficient (Wildman–Crippen LogP) is 2.63. The van der Waals surface area contributed by atoms with E-state index in [0.29, 0.717) is 11.3 Å². The summed E-state index contributed by atoms with van der Waals surface area (Å²) in [6.45, 7) is 2.14. The summed E-state index contributed by atoms with van der Waals surface area (Å²) >= 11 is 0. The van der Waals surface area contributed by atoms with E-state index in [1.165, 1.54) is 17.1 Å². The molecule has 0 radical (unpaired) electrons. The maximum atomic E-state index is 13.4. The number of fused-ring (bicyclic) bond motifs is 1. The van der Waals surface area contributed by atoms with Gasteiger partial charge in [-0.2, -0.15) is 5.11 Å². The Hall–Kier alpha value is -3.09. The molecule has 0 spiro atoms. The van der Waals surface area contributed by atoms with Crippen molar-refractivity contribution in [1.82, 2.24) is 5.01 Å². The Labute approximate surface area is 143 Å². The van der Waals surface area contributed by atoms with Gasteiger partial charge in [-0.25, -0.2) is 9.29 Å². The number of halogens is 1. The molecule has 2 aliphatic heterocycles. The largest absolute Gasteiger partial charge is 0.271 e. The van der Waals surface area contributed by atoms with Gasteiger partial charge in [-0.1, -0.05) is 35.1 Å². The number of aryl methyl sites for hydroxylation is 1. The highest BCUT2D eigenvalue weighted by Gasteiger charge is 2.54. The van der Waals surface area contributed by atoms with Crippen molar-refractivity contribution in [2.75, 3.05) is 4.90 Å². The molecular formula is C18H15FN4O2. The Balaban J connectivity index is 1.60. The monoisotopic (exact) mass is 338 g/mol. The summed E-state index contributed by atoms with van der Waals surface area (Å²) in [5.74, 6) is -1.11. The fraction of sp³-hybridized carbons (Fsp3) is 0.222. The zero-order valence-corrected chi connectivity index (χ0v) is 13.5. The molecular weight excluding hydrogens is 323 g/mol. The molecule has 0 N–H and O–H groups in total. The zero-order valence-electron chi connectivity index (χ0n) is 13.5. The average Bonchev–Trinajstić information content (AvgIpc) is 3.10.